The second-order valence-electron chi connectivity index (χ2n) is 5.28. The molecular formula is C14H25N3O2S. The van der Waals surface area contributed by atoms with Crippen molar-refractivity contribution in [3.63, 3.8) is 0 Å². The molecule has 6 heteroatoms. The molecule has 114 valence electrons. The molecule has 1 saturated carbocycles. The lowest BCUT2D eigenvalue weighted by molar-refractivity contribution is -0.142. The van der Waals surface area contributed by atoms with Gasteiger partial charge in [0.25, 0.3) is 0 Å². The molecule has 2 amide bonds. The number of amides is 2. The van der Waals surface area contributed by atoms with E-state index in [0.717, 1.165) is 19.3 Å². The Balaban J connectivity index is 2.86. The van der Waals surface area contributed by atoms with E-state index in [4.69, 9.17) is 18.0 Å². The van der Waals surface area contributed by atoms with Gasteiger partial charge in [-0.15, -0.1) is 0 Å². The topological polar surface area (TPSA) is 75.4 Å². The first kappa shape index (κ1) is 16.9. The minimum atomic E-state index is -0.740. The summed E-state index contributed by atoms with van der Waals surface area (Å²) in [5.41, 5.74) is 5.13. The average Bonchev–Trinajstić information content (AvgIpc) is 2.44. The molecule has 0 atom stereocenters. The van der Waals surface area contributed by atoms with Gasteiger partial charge in [0, 0.05) is 13.1 Å². The zero-order chi connectivity index (χ0) is 15.2. The maximum absolute atomic E-state index is 12.8. The molecule has 0 spiro atoms. The van der Waals surface area contributed by atoms with Crippen molar-refractivity contribution in [1.29, 1.82) is 0 Å². The van der Waals surface area contributed by atoms with Crippen molar-refractivity contribution in [1.82, 2.24) is 10.2 Å². The average molecular weight is 299 g/mol. The molecule has 5 nitrogen and oxygen atoms in total. The fraction of sp³-hybridized carbons (Fsp3) is 0.786. The first-order chi connectivity index (χ1) is 9.47. The van der Waals surface area contributed by atoms with Crippen molar-refractivity contribution < 1.29 is 9.59 Å². The molecular weight excluding hydrogens is 274 g/mol. The third-order valence-corrected chi connectivity index (χ3v) is 4.36. The Morgan fingerprint density at radius 2 is 1.85 bits per heavy atom. The highest BCUT2D eigenvalue weighted by molar-refractivity contribution is 7.80. The SMILES string of the molecule is CCNC(=O)CN(CC)C(=O)C1(C(N)=S)CCCCC1. The summed E-state index contributed by atoms with van der Waals surface area (Å²) in [6, 6.07) is 0. The van der Waals surface area contributed by atoms with Crippen LogP contribution in [0.1, 0.15) is 46.0 Å². The molecule has 20 heavy (non-hydrogen) atoms. The van der Waals surface area contributed by atoms with Crippen molar-refractivity contribution in [2.75, 3.05) is 19.6 Å². The van der Waals surface area contributed by atoms with E-state index in [0.29, 0.717) is 25.9 Å². The third kappa shape index (κ3) is 3.69. The number of thiocarbonyl (C=S) groups is 1. The fourth-order valence-corrected chi connectivity index (χ4v) is 3.07. The predicted molar refractivity (Wildman–Crippen MR) is 83.2 cm³/mol. The molecule has 0 saturated heterocycles. The Hall–Kier alpha value is -1.17. The normalized spacial score (nSPS) is 17.3. The second kappa shape index (κ2) is 7.57. The first-order valence-electron chi connectivity index (χ1n) is 7.34. The van der Waals surface area contributed by atoms with Gasteiger partial charge >= 0.3 is 0 Å². The van der Waals surface area contributed by atoms with E-state index in [1.807, 2.05) is 13.8 Å². The van der Waals surface area contributed by atoms with Gasteiger partial charge in [-0.1, -0.05) is 31.5 Å². The Morgan fingerprint density at radius 3 is 2.30 bits per heavy atom. The number of likely N-dealkylation sites (N-methyl/N-ethyl adjacent to an activating group) is 2. The number of nitrogens with one attached hydrogen (secondary N) is 1. The molecule has 1 aliphatic carbocycles. The Kier molecular flexibility index (Phi) is 6.39. The largest absolute Gasteiger partial charge is 0.392 e. The molecule has 0 aromatic rings. The van der Waals surface area contributed by atoms with Crippen molar-refractivity contribution in [2.45, 2.75) is 46.0 Å². The number of nitrogens with zero attached hydrogens (tertiary/aromatic N) is 1. The van der Waals surface area contributed by atoms with Gasteiger partial charge in [-0.05, 0) is 26.7 Å². The van der Waals surface area contributed by atoms with Gasteiger partial charge in [0.15, 0.2) is 0 Å². The van der Waals surface area contributed by atoms with Crippen molar-refractivity contribution >= 4 is 29.0 Å². The van der Waals surface area contributed by atoms with Crippen molar-refractivity contribution in [3.05, 3.63) is 0 Å². The lowest BCUT2D eigenvalue weighted by atomic mass is 9.73. The molecule has 0 aliphatic heterocycles. The smallest absolute Gasteiger partial charge is 0.239 e. The summed E-state index contributed by atoms with van der Waals surface area (Å²) in [4.78, 5) is 26.4. The number of hydrogen-bond donors (Lipinski definition) is 2. The lowest BCUT2D eigenvalue weighted by Gasteiger charge is -2.38. The Labute approximate surface area is 126 Å². The van der Waals surface area contributed by atoms with E-state index in [9.17, 15) is 9.59 Å². The predicted octanol–water partition coefficient (Wildman–Crippen LogP) is 1.21. The minimum Gasteiger partial charge on any atom is -0.392 e. The first-order valence-corrected chi connectivity index (χ1v) is 7.74. The van der Waals surface area contributed by atoms with Crippen LogP contribution in [-0.4, -0.2) is 41.3 Å². The van der Waals surface area contributed by atoms with Crippen LogP contribution in [0.25, 0.3) is 0 Å². The van der Waals surface area contributed by atoms with Crippen LogP contribution in [0.4, 0.5) is 0 Å². The Morgan fingerprint density at radius 1 is 1.25 bits per heavy atom. The maximum Gasteiger partial charge on any atom is 0.239 e. The monoisotopic (exact) mass is 299 g/mol. The quantitative estimate of drug-likeness (QED) is 0.723. The zero-order valence-corrected chi connectivity index (χ0v) is 13.2. The van der Waals surface area contributed by atoms with Crippen molar-refractivity contribution in [3.8, 4) is 0 Å². The highest BCUT2D eigenvalue weighted by atomic mass is 32.1. The summed E-state index contributed by atoms with van der Waals surface area (Å²) >= 11 is 5.17. The highest BCUT2D eigenvalue weighted by Gasteiger charge is 2.44. The lowest BCUT2D eigenvalue weighted by Crippen LogP contribution is -2.53. The number of carbonyl (C=O) groups is 2. The molecule has 1 rings (SSSR count). The third-order valence-electron chi connectivity index (χ3n) is 3.97. The summed E-state index contributed by atoms with van der Waals surface area (Å²) in [6.07, 6.45) is 4.43. The van der Waals surface area contributed by atoms with E-state index in [2.05, 4.69) is 5.32 Å². The van der Waals surface area contributed by atoms with Crippen LogP contribution in [0.15, 0.2) is 0 Å². The van der Waals surface area contributed by atoms with Gasteiger partial charge in [0.05, 0.1) is 16.9 Å². The number of hydrogen-bond acceptors (Lipinski definition) is 3. The van der Waals surface area contributed by atoms with E-state index in [1.165, 1.54) is 0 Å². The highest BCUT2D eigenvalue weighted by Crippen LogP contribution is 2.38. The molecule has 0 unspecified atom stereocenters. The van der Waals surface area contributed by atoms with Gasteiger partial charge < -0.3 is 16.0 Å². The van der Waals surface area contributed by atoms with Gasteiger partial charge in [0.2, 0.25) is 11.8 Å². The van der Waals surface area contributed by atoms with Gasteiger partial charge in [-0.2, -0.15) is 0 Å². The zero-order valence-electron chi connectivity index (χ0n) is 12.4. The number of carbonyl (C=O) groups excluding carboxylic acids is 2. The van der Waals surface area contributed by atoms with Gasteiger partial charge in [0.1, 0.15) is 0 Å². The molecule has 1 aliphatic rings. The van der Waals surface area contributed by atoms with Crippen LogP contribution in [0, 0.1) is 5.41 Å². The van der Waals surface area contributed by atoms with Crippen LogP contribution in [0.5, 0.6) is 0 Å². The molecule has 0 aromatic carbocycles. The van der Waals surface area contributed by atoms with E-state index >= 15 is 0 Å². The van der Waals surface area contributed by atoms with Crippen LogP contribution < -0.4 is 11.1 Å². The van der Waals surface area contributed by atoms with Crippen LogP contribution in [-0.2, 0) is 9.59 Å². The maximum atomic E-state index is 12.8. The molecule has 0 radical (unpaired) electrons. The summed E-state index contributed by atoms with van der Waals surface area (Å²) in [5, 5.41) is 2.71. The standard InChI is InChI=1S/C14H25N3O2S/c1-3-16-11(18)10-17(4-2)13(19)14(12(15)20)8-6-5-7-9-14/h3-10H2,1-2H3,(H2,15,20)(H,16,18). The number of nitrogens with two attached hydrogens (primary N) is 1. The molecule has 0 heterocycles. The van der Waals surface area contributed by atoms with Crippen LogP contribution in [0.2, 0.25) is 0 Å². The van der Waals surface area contributed by atoms with Crippen LogP contribution >= 0.6 is 12.2 Å². The molecule has 0 aromatic heterocycles. The minimum absolute atomic E-state index is 0.0769. The van der Waals surface area contributed by atoms with Gasteiger partial charge in [-0.3, -0.25) is 9.59 Å². The summed E-state index contributed by atoms with van der Waals surface area (Å²) in [6.45, 7) is 4.85. The number of rotatable bonds is 6. The Bertz CT molecular complexity index is 379. The van der Waals surface area contributed by atoms with E-state index < -0.39 is 5.41 Å². The molecule has 0 bridgehead atoms. The van der Waals surface area contributed by atoms with Crippen molar-refractivity contribution in [2.24, 2.45) is 11.1 Å². The summed E-state index contributed by atoms with van der Waals surface area (Å²) in [7, 11) is 0. The molecule has 3 N–H and O–H groups in total. The second-order valence-corrected chi connectivity index (χ2v) is 5.72. The summed E-state index contributed by atoms with van der Waals surface area (Å²) < 4.78 is 0. The fourth-order valence-electron chi connectivity index (χ4n) is 2.78. The van der Waals surface area contributed by atoms with Gasteiger partial charge in [-0.25, -0.2) is 0 Å². The van der Waals surface area contributed by atoms with E-state index in [1.54, 1.807) is 4.90 Å². The van der Waals surface area contributed by atoms with Crippen LogP contribution in [0.3, 0.4) is 0 Å². The summed E-state index contributed by atoms with van der Waals surface area (Å²) in [5.74, 6) is -0.227. The van der Waals surface area contributed by atoms with E-state index in [-0.39, 0.29) is 23.3 Å². The molecule has 1 fully saturated rings.